The summed E-state index contributed by atoms with van der Waals surface area (Å²) in [4.78, 5) is 12.0. The number of rotatable bonds is 6. The first kappa shape index (κ1) is 17.1. The van der Waals surface area contributed by atoms with Gasteiger partial charge in [-0.2, -0.15) is 11.8 Å². The molecule has 2 unspecified atom stereocenters. The third kappa shape index (κ3) is 5.19. The first-order chi connectivity index (χ1) is 10.5. The van der Waals surface area contributed by atoms with Gasteiger partial charge >= 0.3 is 6.09 Å². The summed E-state index contributed by atoms with van der Waals surface area (Å²) in [5, 5.41) is 2.77. The van der Waals surface area contributed by atoms with Crippen LogP contribution in [0.15, 0.2) is 30.3 Å². The lowest BCUT2D eigenvalue weighted by Crippen LogP contribution is -2.39. The van der Waals surface area contributed by atoms with E-state index in [1.807, 2.05) is 50.4 Å². The molecule has 0 spiro atoms. The van der Waals surface area contributed by atoms with Gasteiger partial charge < -0.3 is 19.5 Å². The van der Waals surface area contributed by atoms with Crippen molar-refractivity contribution in [3.63, 3.8) is 0 Å². The van der Waals surface area contributed by atoms with E-state index in [1.165, 1.54) is 0 Å². The summed E-state index contributed by atoms with van der Waals surface area (Å²) in [6.45, 7) is 4.60. The van der Waals surface area contributed by atoms with E-state index in [1.54, 1.807) is 11.8 Å². The summed E-state index contributed by atoms with van der Waals surface area (Å²) in [6.07, 6.45) is 0.979. The number of carbonyl (C=O) groups is 1. The standard InChI is InChI=1S/C16H23NO4S/c1-16(2)19-10-13(21-16)14(11-22-3)20-15(18)17-9-12-7-5-4-6-8-12/h4-8,13-14H,9-11H2,1-3H3,(H,17,18). The summed E-state index contributed by atoms with van der Waals surface area (Å²) in [5.74, 6) is 0.0497. The Morgan fingerprint density at radius 1 is 1.45 bits per heavy atom. The lowest BCUT2D eigenvalue weighted by molar-refractivity contribution is -0.149. The molecule has 1 amide bonds. The van der Waals surface area contributed by atoms with Crippen LogP contribution in [0, 0.1) is 0 Å². The molecule has 1 aromatic rings. The third-order valence-electron chi connectivity index (χ3n) is 3.31. The van der Waals surface area contributed by atoms with Crippen molar-refractivity contribution in [3.8, 4) is 0 Å². The van der Waals surface area contributed by atoms with Crippen molar-refractivity contribution >= 4 is 17.9 Å². The van der Waals surface area contributed by atoms with Crippen molar-refractivity contribution in [1.82, 2.24) is 5.32 Å². The zero-order chi connectivity index (χ0) is 16.0. The van der Waals surface area contributed by atoms with Gasteiger partial charge in [0.15, 0.2) is 5.79 Å². The van der Waals surface area contributed by atoms with Crippen LogP contribution >= 0.6 is 11.8 Å². The number of carbonyl (C=O) groups excluding carboxylic acids is 1. The Hall–Kier alpha value is -1.24. The number of ether oxygens (including phenoxy) is 3. The van der Waals surface area contributed by atoms with E-state index in [4.69, 9.17) is 14.2 Å². The number of benzene rings is 1. The molecule has 5 nitrogen and oxygen atoms in total. The summed E-state index contributed by atoms with van der Waals surface area (Å²) < 4.78 is 16.8. The molecule has 1 N–H and O–H groups in total. The highest BCUT2D eigenvalue weighted by Gasteiger charge is 2.39. The SMILES string of the molecule is CSCC(OC(=O)NCc1ccccc1)C1COC(C)(C)O1. The summed E-state index contributed by atoms with van der Waals surface area (Å²) in [5.41, 5.74) is 1.03. The molecule has 1 aliphatic heterocycles. The highest BCUT2D eigenvalue weighted by Crippen LogP contribution is 2.26. The van der Waals surface area contributed by atoms with Crippen LogP contribution in [-0.2, 0) is 20.8 Å². The van der Waals surface area contributed by atoms with E-state index < -0.39 is 11.9 Å². The molecular formula is C16H23NO4S. The first-order valence-electron chi connectivity index (χ1n) is 7.29. The Balaban J connectivity index is 1.84. The molecule has 0 saturated carbocycles. The molecule has 1 aliphatic rings. The maximum atomic E-state index is 12.0. The van der Waals surface area contributed by atoms with E-state index in [0.717, 1.165) is 5.56 Å². The fraction of sp³-hybridized carbons (Fsp3) is 0.562. The number of nitrogens with one attached hydrogen (secondary N) is 1. The Bertz CT molecular complexity index is 480. The molecule has 1 saturated heterocycles. The van der Waals surface area contributed by atoms with Gasteiger partial charge in [0.2, 0.25) is 0 Å². The van der Waals surface area contributed by atoms with Gasteiger partial charge in [-0.15, -0.1) is 0 Å². The predicted octanol–water partition coefficient (Wildman–Crippen LogP) is 2.80. The highest BCUT2D eigenvalue weighted by molar-refractivity contribution is 7.98. The molecule has 1 aromatic carbocycles. The minimum atomic E-state index is -0.620. The monoisotopic (exact) mass is 325 g/mol. The summed E-state index contributed by atoms with van der Waals surface area (Å²) >= 11 is 1.61. The van der Waals surface area contributed by atoms with Crippen LogP contribution in [0.4, 0.5) is 4.79 Å². The molecule has 122 valence electrons. The molecule has 1 heterocycles. The number of hydrogen-bond acceptors (Lipinski definition) is 5. The van der Waals surface area contributed by atoms with E-state index in [2.05, 4.69) is 5.32 Å². The first-order valence-corrected chi connectivity index (χ1v) is 8.68. The Labute approximate surface area is 135 Å². The quantitative estimate of drug-likeness (QED) is 0.871. The van der Waals surface area contributed by atoms with Crippen molar-refractivity contribution in [2.45, 2.75) is 38.4 Å². The van der Waals surface area contributed by atoms with Crippen LogP contribution in [0.1, 0.15) is 19.4 Å². The Kier molecular flexibility index (Phi) is 6.11. The average Bonchev–Trinajstić information content (AvgIpc) is 2.86. The average molecular weight is 325 g/mol. The van der Waals surface area contributed by atoms with Crippen LogP contribution in [0.25, 0.3) is 0 Å². The predicted molar refractivity (Wildman–Crippen MR) is 86.8 cm³/mol. The molecular weight excluding hydrogens is 302 g/mol. The topological polar surface area (TPSA) is 56.8 Å². The zero-order valence-electron chi connectivity index (χ0n) is 13.2. The number of amides is 1. The van der Waals surface area contributed by atoms with Crippen molar-refractivity contribution in [2.75, 3.05) is 18.6 Å². The summed E-state index contributed by atoms with van der Waals surface area (Å²) in [6, 6.07) is 9.72. The van der Waals surface area contributed by atoms with E-state index in [0.29, 0.717) is 18.9 Å². The van der Waals surface area contributed by atoms with Crippen molar-refractivity contribution in [2.24, 2.45) is 0 Å². The summed E-state index contributed by atoms with van der Waals surface area (Å²) in [7, 11) is 0. The van der Waals surface area contributed by atoms with Crippen LogP contribution in [0.3, 0.4) is 0 Å². The Morgan fingerprint density at radius 2 is 2.18 bits per heavy atom. The van der Waals surface area contributed by atoms with Gasteiger partial charge in [-0.1, -0.05) is 30.3 Å². The highest BCUT2D eigenvalue weighted by atomic mass is 32.2. The van der Waals surface area contributed by atoms with Gasteiger partial charge in [0, 0.05) is 12.3 Å². The van der Waals surface area contributed by atoms with Gasteiger partial charge in [-0.3, -0.25) is 0 Å². The molecule has 0 bridgehead atoms. The largest absolute Gasteiger partial charge is 0.442 e. The van der Waals surface area contributed by atoms with E-state index >= 15 is 0 Å². The fourth-order valence-electron chi connectivity index (χ4n) is 2.23. The van der Waals surface area contributed by atoms with Gasteiger partial charge in [0.25, 0.3) is 0 Å². The smallest absolute Gasteiger partial charge is 0.407 e. The van der Waals surface area contributed by atoms with Gasteiger partial charge in [-0.25, -0.2) is 4.79 Å². The molecule has 1 fully saturated rings. The fourth-order valence-corrected chi connectivity index (χ4v) is 2.84. The molecule has 0 aromatic heterocycles. The Morgan fingerprint density at radius 3 is 2.77 bits per heavy atom. The lowest BCUT2D eigenvalue weighted by atomic mass is 10.2. The van der Waals surface area contributed by atoms with Crippen molar-refractivity contribution < 1.29 is 19.0 Å². The van der Waals surface area contributed by atoms with E-state index in [-0.39, 0.29) is 12.2 Å². The normalized spacial score (nSPS) is 21.3. The van der Waals surface area contributed by atoms with Crippen molar-refractivity contribution in [1.29, 1.82) is 0 Å². The molecule has 2 atom stereocenters. The van der Waals surface area contributed by atoms with Gasteiger partial charge in [-0.05, 0) is 25.7 Å². The number of thioether (sulfide) groups is 1. The number of hydrogen-bond donors (Lipinski definition) is 1. The maximum Gasteiger partial charge on any atom is 0.407 e. The van der Waals surface area contributed by atoms with Crippen LogP contribution in [0.5, 0.6) is 0 Å². The van der Waals surface area contributed by atoms with Gasteiger partial charge in [0.05, 0.1) is 6.61 Å². The minimum Gasteiger partial charge on any atom is -0.442 e. The third-order valence-corrected chi connectivity index (χ3v) is 3.98. The second-order valence-electron chi connectivity index (χ2n) is 5.61. The number of alkyl carbamates (subject to hydrolysis) is 1. The second-order valence-corrected chi connectivity index (χ2v) is 6.52. The van der Waals surface area contributed by atoms with Crippen LogP contribution in [-0.4, -0.2) is 42.7 Å². The van der Waals surface area contributed by atoms with Gasteiger partial charge in [0.1, 0.15) is 12.2 Å². The van der Waals surface area contributed by atoms with Crippen LogP contribution in [0.2, 0.25) is 0 Å². The maximum absolute atomic E-state index is 12.0. The van der Waals surface area contributed by atoms with E-state index in [9.17, 15) is 4.79 Å². The molecule has 0 aliphatic carbocycles. The molecule has 6 heteroatoms. The second kappa shape index (κ2) is 7.85. The lowest BCUT2D eigenvalue weighted by Gasteiger charge is -2.23. The molecule has 2 rings (SSSR count). The van der Waals surface area contributed by atoms with Crippen LogP contribution < -0.4 is 5.32 Å². The molecule has 0 radical (unpaired) electrons. The zero-order valence-corrected chi connectivity index (χ0v) is 14.0. The molecule has 22 heavy (non-hydrogen) atoms. The minimum absolute atomic E-state index is 0.232. The van der Waals surface area contributed by atoms with Crippen molar-refractivity contribution in [3.05, 3.63) is 35.9 Å².